The van der Waals surface area contributed by atoms with Crippen molar-refractivity contribution in [2.24, 2.45) is 0 Å². The highest BCUT2D eigenvalue weighted by Crippen LogP contribution is 2.12. The predicted octanol–water partition coefficient (Wildman–Crippen LogP) is 2.23. The van der Waals surface area contributed by atoms with E-state index in [1.807, 2.05) is 6.07 Å². The highest BCUT2D eigenvalue weighted by Gasteiger charge is 2.08. The predicted molar refractivity (Wildman–Crippen MR) is 93.2 cm³/mol. The summed E-state index contributed by atoms with van der Waals surface area (Å²) in [6, 6.07) is 14.6. The van der Waals surface area contributed by atoms with Crippen molar-refractivity contribution >= 4 is 22.5 Å². The number of carbonyl (C=O) groups excluding carboxylic acids is 1. The number of benzene rings is 2. The van der Waals surface area contributed by atoms with Gasteiger partial charge < -0.3 is 9.88 Å². The third kappa shape index (κ3) is 3.72. The van der Waals surface area contributed by atoms with Crippen LogP contribution >= 0.6 is 0 Å². The van der Waals surface area contributed by atoms with Crippen molar-refractivity contribution in [3.63, 3.8) is 0 Å². The summed E-state index contributed by atoms with van der Waals surface area (Å²) in [7, 11) is 0. The highest BCUT2D eigenvalue weighted by molar-refractivity contribution is 5.82. The van der Waals surface area contributed by atoms with Gasteiger partial charge in [0.05, 0.1) is 10.4 Å². The molecule has 0 unspecified atom stereocenters. The molecule has 7 nitrogen and oxygen atoms in total. The van der Waals surface area contributed by atoms with Crippen LogP contribution in [0.15, 0.2) is 65.6 Å². The van der Waals surface area contributed by atoms with Crippen molar-refractivity contribution in [2.75, 3.05) is 0 Å². The van der Waals surface area contributed by atoms with Crippen molar-refractivity contribution in [3.05, 3.63) is 86.7 Å². The third-order valence-corrected chi connectivity index (χ3v) is 3.84. The molecule has 1 N–H and O–H groups in total. The number of rotatable bonds is 5. The Kier molecular flexibility index (Phi) is 4.56. The number of aromatic nitrogens is 1. The maximum absolute atomic E-state index is 12.2. The standard InChI is InChI=1S/C18H15N3O4/c22-17-9-10-20(16-4-2-1-3-15(16)17)12-18(23)19-11-13-5-7-14(8-6-13)21(24)25/h1-10H,11-12H2,(H,19,23). The number of carbonyl (C=O) groups is 1. The zero-order valence-electron chi connectivity index (χ0n) is 13.2. The topological polar surface area (TPSA) is 94.2 Å². The molecule has 1 heterocycles. The normalized spacial score (nSPS) is 10.6. The molecule has 0 saturated carbocycles. The van der Waals surface area contributed by atoms with Gasteiger partial charge in [0.15, 0.2) is 5.43 Å². The zero-order valence-corrected chi connectivity index (χ0v) is 13.2. The number of pyridine rings is 1. The molecule has 0 atom stereocenters. The van der Waals surface area contributed by atoms with E-state index < -0.39 is 4.92 Å². The fourth-order valence-corrected chi connectivity index (χ4v) is 2.54. The number of hydrogen-bond acceptors (Lipinski definition) is 4. The summed E-state index contributed by atoms with van der Waals surface area (Å²) in [4.78, 5) is 34.2. The van der Waals surface area contributed by atoms with Gasteiger partial charge in [-0.1, -0.05) is 24.3 Å². The highest BCUT2D eigenvalue weighted by atomic mass is 16.6. The molecular formula is C18H15N3O4. The van der Waals surface area contributed by atoms with Gasteiger partial charge in [-0.15, -0.1) is 0 Å². The number of non-ortho nitro benzene ring substituents is 1. The number of nitrogens with zero attached hydrogens (tertiary/aromatic N) is 2. The summed E-state index contributed by atoms with van der Waals surface area (Å²) in [6.07, 6.45) is 1.59. The molecule has 0 saturated heterocycles. The first-order valence-electron chi connectivity index (χ1n) is 7.63. The quantitative estimate of drug-likeness (QED) is 0.570. The Morgan fingerprint density at radius 1 is 1.08 bits per heavy atom. The number of nitro benzene ring substituents is 1. The van der Waals surface area contributed by atoms with E-state index >= 15 is 0 Å². The van der Waals surface area contributed by atoms with Gasteiger partial charge in [-0.3, -0.25) is 19.7 Å². The molecule has 0 aliphatic heterocycles. The third-order valence-electron chi connectivity index (χ3n) is 3.84. The van der Waals surface area contributed by atoms with Gasteiger partial charge in [0, 0.05) is 36.3 Å². The number of nitro groups is 1. The minimum absolute atomic E-state index is 0.00908. The lowest BCUT2D eigenvalue weighted by atomic mass is 10.2. The molecule has 126 valence electrons. The van der Waals surface area contributed by atoms with Crippen LogP contribution in [0.4, 0.5) is 5.69 Å². The van der Waals surface area contributed by atoms with Crippen LogP contribution in [0.25, 0.3) is 10.9 Å². The SMILES string of the molecule is O=C(Cn1ccc(=O)c2ccccc21)NCc1ccc([N+](=O)[O-])cc1. The van der Waals surface area contributed by atoms with Gasteiger partial charge in [0.1, 0.15) is 6.54 Å². The summed E-state index contributed by atoms with van der Waals surface area (Å²) >= 11 is 0. The Bertz CT molecular complexity index is 993. The van der Waals surface area contributed by atoms with Crippen LogP contribution in [0.3, 0.4) is 0 Å². The molecule has 25 heavy (non-hydrogen) atoms. The minimum atomic E-state index is -0.468. The molecule has 7 heteroatoms. The van der Waals surface area contributed by atoms with Crippen LogP contribution < -0.4 is 10.7 Å². The monoisotopic (exact) mass is 337 g/mol. The van der Waals surface area contributed by atoms with Gasteiger partial charge in [0.25, 0.3) is 5.69 Å². The van der Waals surface area contributed by atoms with E-state index in [4.69, 9.17) is 0 Å². The minimum Gasteiger partial charge on any atom is -0.350 e. The van der Waals surface area contributed by atoms with E-state index in [0.29, 0.717) is 10.9 Å². The van der Waals surface area contributed by atoms with E-state index in [1.165, 1.54) is 18.2 Å². The summed E-state index contributed by atoms with van der Waals surface area (Å²) in [5.74, 6) is -0.216. The lowest BCUT2D eigenvalue weighted by Crippen LogP contribution is -2.27. The Morgan fingerprint density at radius 3 is 2.52 bits per heavy atom. The van der Waals surface area contributed by atoms with E-state index in [9.17, 15) is 19.7 Å². The largest absolute Gasteiger partial charge is 0.350 e. The maximum Gasteiger partial charge on any atom is 0.269 e. The molecule has 2 aromatic carbocycles. The Labute approximate surface area is 142 Å². The molecule has 0 spiro atoms. The van der Waals surface area contributed by atoms with Crippen LogP contribution in [0.2, 0.25) is 0 Å². The van der Waals surface area contributed by atoms with Gasteiger partial charge in [-0.05, 0) is 17.7 Å². The molecule has 1 amide bonds. The number of hydrogen-bond donors (Lipinski definition) is 1. The average molecular weight is 337 g/mol. The van der Waals surface area contributed by atoms with Crippen molar-refractivity contribution in [2.45, 2.75) is 13.1 Å². The van der Waals surface area contributed by atoms with Crippen molar-refractivity contribution < 1.29 is 9.72 Å². The molecule has 0 aliphatic rings. The van der Waals surface area contributed by atoms with E-state index in [0.717, 1.165) is 5.56 Å². The second-order valence-electron chi connectivity index (χ2n) is 5.53. The molecule has 3 rings (SSSR count). The average Bonchev–Trinajstić information content (AvgIpc) is 2.63. The van der Waals surface area contributed by atoms with Crippen LogP contribution in [0.5, 0.6) is 0 Å². The molecular weight excluding hydrogens is 322 g/mol. The van der Waals surface area contributed by atoms with Gasteiger partial charge in [-0.2, -0.15) is 0 Å². The zero-order chi connectivity index (χ0) is 17.8. The maximum atomic E-state index is 12.2. The lowest BCUT2D eigenvalue weighted by Gasteiger charge is -2.11. The summed E-state index contributed by atoms with van der Waals surface area (Å²) in [6.45, 7) is 0.350. The first-order chi connectivity index (χ1) is 12.0. The van der Waals surface area contributed by atoms with Crippen LogP contribution in [-0.4, -0.2) is 15.4 Å². The first-order valence-corrected chi connectivity index (χ1v) is 7.63. The summed E-state index contributed by atoms with van der Waals surface area (Å²) < 4.78 is 1.71. The fraction of sp³-hybridized carbons (Fsp3) is 0.111. The fourth-order valence-electron chi connectivity index (χ4n) is 2.54. The second kappa shape index (κ2) is 6.96. The number of amides is 1. The molecule has 0 aliphatic carbocycles. The smallest absolute Gasteiger partial charge is 0.269 e. The first kappa shape index (κ1) is 16.4. The Morgan fingerprint density at radius 2 is 1.80 bits per heavy atom. The van der Waals surface area contributed by atoms with Gasteiger partial charge in [-0.25, -0.2) is 0 Å². The summed E-state index contributed by atoms with van der Waals surface area (Å²) in [5.41, 5.74) is 1.39. The van der Waals surface area contributed by atoms with Crippen LogP contribution in [0, 0.1) is 10.1 Å². The number of para-hydroxylation sites is 1. The summed E-state index contributed by atoms with van der Waals surface area (Å²) in [5, 5.41) is 14.0. The van der Waals surface area contributed by atoms with Crippen molar-refractivity contribution in [1.82, 2.24) is 9.88 Å². The second-order valence-corrected chi connectivity index (χ2v) is 5.53. The Balaban J connectivity index is 1.68. The molecule has 3 aromatic rings. The Hall–Kier alpha value is -3.48. The van der Waals surface area contributed by atoms with Crippen molar-refractivity contribution in [1.29, 1.82) is 0 Å². The lowest BCUT2D eigenvalue weighted by molar-refractivity contribution is -0.384. The molecule has 1 aromatic heterocycles. The van der Waals surface area contributed by atoms with Crippen molar-refractivity contribution in [3.8, 4) is 0 Å². The van der Waals surface area contributed by atoms with Crippen LogP contribution in [-0.2, 0) is 17.9 Å². The number of fused-ring (bicyclic) bond motifs is 1. The van der Waals surface area contributed by atoms with E-state index in [-0.39, 0.29) is 30.1 Å². The molecule has 0 fully saturated rings. The van der Waals surface area contributed by atoms with E-state index in [2.05, 4.69) is 5.32 Å². The van der Waals surface area contributed by atoms with Crippen LogP contribution in [0.1, 0.15) is 5.56 Å². The molecule has 0 bridgehead atoms. The van der Waals surface area contributed by atoms with Gasteiger partial charge >= 0.3 is 0 Å². The van der Waals surface area contributed by atoms with Gasteiger partial charge in [0.2, 0.25) is 5.91 Å². The number of nitrogens with one attached hydrogen (secondary N) is 1. The van der Waals surface area contributed by atoms with E-state index in [1.54, 1.807) is 41.1 Å². The molecule has 0 radical (unpaired) electrons.